The van der Waals surface area contributed by atoms with Crippen molar-refractivity contribution in [3.63, 3.8) is 0 Å². The van der Waals surface area contributed by atoms with E-state index in [9.17, 15) is 4.57 Å². The fourth-order valence-corrected chi connectivity index (χ4v) is 1.35. The van der Waals surface area contributed by atoms with Gasteiger partial charge in [0.1, 0.15) is 0 Å². The fraction of sp³-hybridized carbons (Fsp3) is 0.750. The van der Waals surface area contributed by atoms with Gasteiger partial charge in [0.25, 0.3) is 0 Å². The van der Waals surface area contributed by atoms with Crippen molar-refractivity contribution in [3.05, 3.63) is 11.6 Å². The number of hydrogen-bond acceptors (Lipinski definition) is 2. The molecule has 0 heterocycles. The molecular formula is C8H18NO3P. The molecule has 3 N–H and O–H groups in total. The van der Waals surface area contributed by atoms with Gasteiger partial charge in [0.15, 0.2) is 0 Å². The zero-order valence-corrected chi connectivity index (χ0v) is 9.05. The summed E-state index contributed by atoms with van der Waals surface area (Å²) in [4.78, 5) is 17.1. The van der Waals surface area contributed by atoms with Crippen LogP contribution in [0.2, 0.25) is 0 Å². The van der Waals surface area contributed by atoms with Crippen LogP contribution in [0.1, 0.15) is 20.3 Å². The molecule has 0 radical (unpaired) electrons. The van der Waals surface area contributed by atoms with Crippen LogP contribution in [0.25, 0.3) is 0 Å². The lowest BCUT2D eigenvalue weighted by Crippen LogP contribution is -2.20. The second kappa shape index (κ2) is 6.33. The van der Waals surface area contributed by atoms with Crippen molar-refractivity contribution < 1.29 is 14.4 Å². The van der Waals surface area contributed by atoms with Gasteiger partial charge in [-0.25, -0.2) is 0 Å². The topological polar surface area (TPSA) is 69.6 Å². The highest BCUT2D eigenvalue weighted by Crippen LogP contribution is 2.32. The van der Waals surface area contributed by atoms with Crippen molar-refractivity contribution in [2.75, 3.05) is 19.3 Å². The smallest absolute Gasteiger partial charge is 0.324 e. The molecule has 0 spiro atoms. The predicted octanol–water partition coefficient (Wildman–Crippen LogP) is 1.11. The Bertz CT molecular complexity index is 209. The second-order valence-electron chi connectivity index (χ2n) is 2.87. The standard InChI is InChI=1S/C8H18NO3P/c1-3-8(4-2)7-9-5-6-13(10,11)12/h3,9H,4-7H2,1-2H3,(H2,10,11,12)/b8-3+. The van der Waals surface area contributed by atoms with E-state index < -0.39 is 7.60 Å². The molecule has 0 amide bonds. The fourth-order valence-electron chi connectivity index (χ4n) is 0.905. The summed E-state index contributed by atoms with van der Waals surface area (Å²) in [7, 11) is -3.82. The summed E-state index contributed by atoms with van der Waals surface area (Å²) >= 11 is 0. The Balaban J connectivity index is 3.52. The predicted molar refractivity (Wildman–Crippen MR) is 53.8 cm³/mol. The Labute approximate surface area is 79.2 Å². The summed E-state index contributed by atoms with van der Waals surface area (Å²) in [5, 5.41) is 2.98. The molecule has 0 fully saturated rings. The molecule has 0 aromatic heterocycles. The molecule has 0 aliphatic heterocycles. The molecule has 78 valence electrons. The van der Waals surface area contributed by atoms with Crippen LogP contribution in [0.3, 0.4) is 0 Å². The van der Waals surface area contributed by atoms with Gasteiger partial charge in [-0.2, -0.15) is 0 Å². The zero-order chi connectivity index (χ0) is 10.3. The molecule has 13 heavy (non-hydrogen) atoms. The third-order valence-electron chi connectivity index (χ3n) is 1.79. The highest BCUT2D eigenvalue weighted by atomic mass is 31.2. The van der Waals surface area contributed by atoms with E-state index in [1.807, 2.05) is 13.0 Å². The van der Waals surface area contributed by atoms with Crippen molar-refractivity contribution in [1.29, 1.82) is 0 Å². The summed E-state index contributed by atoms with van der Waals surface area (Å²) in [6.45, 7) is 5.10. The highest BCUT2D eigenvalue weighted by molar-refractivity contribution is 7.51. The maximum Gasteiger partial charge on any atom is 0.326 e. The molecule has 0 unspecified atom stereocenters. The van der Waals surface area contributed by atoms with E-state index in [0.717, 1.165) is 6.42 Å². The lowest BCUT2D eigenvalue weighted by molar-refractivity contribution is 0.372. The first-order valence-corrected chi connectivity index (χ1v) is 6.18. The Kier molecular flexibility index (Phi) is 6.25. The minimum atomic E-state index is -3.82. The molecule has 5 heteroatoms. The average molecular weight is 207 g/mol. The third-order valence-corrected chi connectivity index (χ3v) is 2.60. The average Bonchev–Trinajstić information content (AvgIpc) is 2.03. The number of rotatable bonds is 6. The molecule has 0 saturated carbocycles. The molecule has 4 nitrogen and oxygen atoms in total. The van der Waals surface area contributed by atoms with Crippen molar-refractivity contribution >= 4 is 7.60 Å². The largest absolute Gasteiger partial charge is 0.326 e. The maximum atomic E-state index is 10.5. The van der Waals surface area contributed by atoms with Crippen LogP contribution in [0.5, 0.6) is 0 Å². The summed E-state index contributed by atoms with van der Waals surface area (Å²) in [5.74, 6) is 0. The Morgan fingerprint density at radius 2 is 2.15 bits per heavy atom. The minimum Gasteiger partial charge on any atom is -0.324 e. The van der Waals surface area contributed by atoms with E-state index >= 15 is 0 Å². The van der Waals surface area contributed by atoms with Crippen LogP contribution in [0.15, 0.2) is 11.6 Å². The summed E-state index contributed by atoms with van der Waals surface area (Å²) in [5.41, 5.74) is 1.26. The van der Waals surface area contributed by atoms with E-state index in [0.29, 0.717) is 13.1 Å². The first-order chi connectivity index (χ1) is 5.99. The second-order valence-corrected chi connectivity index (χ2v) is 4.64. The summed E-state index contributed by atoms with van der Waals surface area (Å²) in [6.07, 6.45) is 2.90. The lowest BCUT2D eigenvalue weighted by Gasteiger charge is -2.07. The first-order valence-electron chi connectivity index (χ1n) is 4.39. The van der Waals surface area contributed by atoms with Gasteiger partial charge in [-0.1, -0.05) is 18.6 Å². The zero-order valence-electron chi connectivity index (χ0n) is 8.16. The molecule has 0 saturated heterocycles. The van der Waals surface area contributed by atoms with E-state index in [4.69, 9.17) is 9.79 Å². The molecule has 0 aliphatic rings. The van der Waals surface area contributed by atoms with E-state index in [-0.39, 0.29) is 6.16 Å². The molecular weight excluding hydrogens is 189 g/mol. The van der Waals surface area contributed by atoms with Crippen LogP contribution in [0, 0.1) is 0 Å². The van der Waals surface area contributed by atoms with Gasteiger partial charge in [-0.05, 0) is 13.3 Å². The van der Waals surface area contributed by atoms with Crippen LogP contribution in [-0.4, -0.2) is 29.0 Å². The van der Waals surface area contributed by atoms with Crippen molar-refractivity contribution in [2.45, 2.75) is 20.3 Å². The van der Waals surface area contributed by atoms with Crippen LogP contribution >= 0.6 is 7.60 Å². The van der Waals surface area contributed by atoms with E-state index in [1.165, 1.54) is 5.57 Å². The van der Waals surface area contributed by atoms with E-state index in [1.54, 1.807) is 0 Å². The molecule has 0 bridgehead atoms. The minimum absolute atomic E-state index is 0.0896. The van der Waals surface area contributed by atoms with E-state index in [2.05, 4.69) is 12.2 Å². The molecule has 0 aliphatic carbocycles. The SMILES string of the molecule is C/C=C(\CC)CNCCP(=O)(O)O. The van der Waals surface area contributed by atoms with Crippen LogP contribution < -0.4 is 5.32 Å². The van der Waals surface area contributed by atoms with Gasteiger partial charge in [0, 0.05) is 13.1 Å². The Morgan fingerprint density at radius 3 is 2.54 bits per heavy atom. The van der Waals surface area contributed by atoms with Crippen molar-refractivity contribution in [2.24, 2.45) is 0 Å². The van der Waals surface area contributed by atoms with Crippen LogP contribution in [-0.2, 0) is 4.57 Å². The number of nitrogens with one attached hydrogen (secondary N) is 1. The van der Waals surface area contributed by atoms with Gasteiger partial charge in [0.05, 0.1) is 6.16 Å². The Morgan fingerprint density at radius 1 is 1.54 bits per heavy atom. The molecule has 0 aromatic carbocycles. The quantitative estimate of drug-likeness (QED) is 0.346. The third kappa shape index (κ3) is 8.19. The normalized spacial score (nSPS) is 13.4. The summed E-state index contributed by atoms with van der Waals surface area (Å²) in [6, 6.07) is 0. The number of hydrogen-bond donors (Lipinski definition) is 3. The molecule has 0 atom stereocenters. The summed E-state index contributed by atoms with van der Waals surface area (Å²) < 4.78 is 10.5. The van der Waals surface area contributed by atoms with Gasteiger partial charge in [-0.15, -0.1) is 0 Å². The van der Waals surface area contributed by atoms with Crippen molar-refractivity contribution in [1.82, 2.24) is 5.32 Å². The van der Waals surface area contributed by atoms with Gasteiger partial charge in [0.2, 0.25) is 0 Å². The lowest BCUT2D eigenvalue weighted by atomic mass is 10.2. The Hall–Kier alpha value is -0.150. The maximum absolute atomic E-state index is 10.5. The van der Waals surface area contributed by atoms with Crippen molar-refractivity contribution in [3.8, 4) is 0 Å². The number of allylic oxidation sites excluding steroid dienone is 1. The first kappa shape index (κ1) is 12.8. The van der Waals surface area contributed by atoms with Crippen LogP contribution in [0.4, 0.5) is 0 Å². The molecule has 0 aromatic rings. The van der Waals surface area contributed by atoms with Gasteiger partial charge < -0.3 is 15.1 Å². The molecule has 0 rings (SSSR count). The monoisotopic (exact) mass is 207 g/mol. The van der Waals surface area contributed by atoms with Gasteiger partial charge >= 0.3 is 7.60 Å². The highest BCUT2D eigenvalue weighted by Gasteiger charge is 2.10. The van der Waals surface area contributed by atoms with Gasteiger partial charge in [-0.3, -0.25) is 4.57 Å².